The Morgan fingerprint density at radius 3 is 2.34 bits per heavy atom. The van der Waals surface area contributed by atoms with Gasteiger partial charge in [0.15, 0.2) is 0 Å². The molecule has 0 aliphatic carbocycles. The molecule has 0 N–H and O–H groups in total. The molecule has 0 radical (unpaired) electrons. The zero-order valence-corrected chi connectivity index (χ0v) is 18.3. The van der Waals surface area contributed by atoms with Gasteiger partial charge in [-0.2, -0.15) is 4.31 Å². The van der Waals surface area contributed by atoms with E-state index in [-0.39, 0.29) is 46.7 Å². The molecule has 0 aromatic heterocycles. The van der Waals surface area contributed by atoms with Crippen LogP contribution in [-0.4, -0.2) is 50.5 Å². The minimum atomic E-state index is -3.86. The van der Waals surface area contributed by atoms with Crippen molar-refractivity contribution >= 4 is 33.2 Å². The lowest BCUT2D eigenvalue weighted by atomic mass is 10.2. The van der Waals surface area contributed by atoms with Gasteiger partial charge in [-0.25, -0.2) is 8.42 Å². The molecule has 0 unspecified atom stereocenters. The fourth-order valence-corrected chi connectivity index (χ4v) is 5.60. The van der Waals surface area contributed by atoms with Crippen molar-refractivity contribution in [2.24, 2.45) is 0 Å². The van der Waals surface area contributed by atoms with Crippen molar-refractivity contribution in [1.82, 2.24) is 4.31 Å². The largest absolute Gasteiger partial charge is 0.373 e. The lowest BCUT2D eigenvalue weighted by molar-refractivity contribution is -0.0440. The van der Waals surface area contributed by atoms with Crippen molar-refractivity contribution in [2.75, 3.05) is 24.5 Å². The molecule has 8 heteroatoms. The third-order valence-electron chi connectivity index (χ3n) is 4.81. The molecule has 2 aromatic carbocycles. The highest BCUT2D eigenvalue weighted by atomic mass is 35.5. The molecular formula is C21H25ClN2O4S. The summed E-state index contributed by atoms with van der Waals surface area (Å²) in [6.45, 7) is 6.47. The minimum absolute atomic E-state index is 0.0598. The molecule has 2 atom stereocenters. The number of rotatable bonds is 5. The molecule has 0 spiro atoms. The second-order valence-electron chi connectivity index (χ2n) is 7.11. The third kappa shape index (κ3) is 4.64. The number of hydrogen-bond acceptors (Lipinski definition) is 4. The first-order valence-corrected chi connectivity index (χ1v) is 11.4. The second-order valence-corrected chi connectivity index (χ2v) is 9.42. The van der Waals surface area contributed by atoms with E-state index >= 15 is 0 Å². The molecule has 2 aromatic rings. The highest BCUT2D eigenvalue weighted by Gasteiger charge is 2.34. The Morgan fingerprint density at radius 2 is 1.76 bits per heavy atom. The van der Waals surface area contributed by atoms with Crippen molar-refractivity contribution in [2.45, 2.75) is 37.9 Å². The Balaban J connectivity index is 1.96. The first-order chi connectivity index (χ1) is 13.7. The van der Waals surface area contributed by atoms with Crippen molar-refractivity contribution in [3.05, 3.63) is 59.1 Å². The van der Waals surface area contributed by atoms with E-state index in [1.807, 2.05) is 51.1 Å². The first kappa shape index (κ1) is 21.8. The number of ether oxygens (including phenoxy) is 1. The van der Waals surface area contributed by atoms with Gasteiger partial charge in [0.2, 0.25) is 10.0 Å². The number of carbonyl (C=O) groups excluding carboxylic acids is 1. The monoisotopic (exact) mass is 436 g/mol. The maximum atomic E-state index is 13.2. The van der Waals surface area contributed by atoms with E-state index in [4.69, 9.17) is 16.3 Å². The van der Waals surface area contributed by atoms with Crippen LogP contribution in [0.1, 0.15) is 31.1 Å². The van der Waals surface area contributed by atoms with Gasteiger partial charge in [-0.05, 0) is 51.1 Å². The predicted molar refractivity (Wildman–Crippen MR) is 114 cm³/mol. The lowest BCUT2D eigenvalue weighted by Gasteiger charge is -2.34. The van der Waals surface area contributed by atoms with E-state index in [2.05, 4.69) is 0 Å². The summed E-state index contributed by atoms with van der Waals surface area (Å²) >= 11 is 6.25. The molecule has 0 saturated carbocycles. The van der Waals surface area contributed by atoms with Gasteiger partial charge in [0.1, 0.15) is 4.90 Å². The highest BCUT2D eigenvalue weighted by Crippen LogP contribution is 2.29. The quantitative estimate of drug-likeness (QED) is 0.714. The molecule has 1 aliphatic rings. The molecule has 1 fully saturated rings. The molecule has 3 rings (SSSR count). The van der Waals surface area contributed by atoms with Gasteiger partial charge in [-0.3, -0.25) is 4.79 Å². The molecule has 156 valence electrons. The van der Waals surface area contributed by atoms with Crippen LogP contribution in [0.5, 0.6) is 0 Å². The number of sulfonamides is 1. The average Bonchev–Trinajstić information content (AvgIpc) is 2.68. The van der Waals surface area contributed by atoms with Crippen LogP contribution in [0.2, 0.25) is 5.02 Å². The fourth-order valence-electron chi connectivity index (χ4n) is 3.51. The van der Waals surface area contributed by atoms with Crippen LogP contribution in [0, 0.1) is 0 Å². The average molecular weight is 437 g/mol. The normalized spacial score (nSPS) is 20.4. The van der Waals surface area contributed by atoms with Gasteiger partial charge in [0.05, 0.1) is 17.2 Å². The van der Waals surface area contributed by atoms with Gasteiger partial charge in [-0.1, -0.05) is 29.8 Å². The second kappa shape index (κ2) is 8.83. The summed E-state index contributed by atoms with van der Waals surface area (Å²) in [7, 11) is -3.86. The first-order valence-electron chi connectivity index (χ1n) is 9.56. The number of halogens is 1. The van der Waals surface area contributed by atoms with Crippen molar-refractivity contribution in [1.29, 1.82) is 0 Å². The molecule has 1 heterocycles. The molecule has 29 heavy (non-hydrogen) atoms. The highest BCUT2D eigenvalue weighted by molar-refractivity contribution is 7.89. The standard InChI is InChI=1S/C21H25ClN2O4S/c1-4-24(18-8-6-5-7-9-18)21(25)17-10-11-19(22)20(12-17)29(26,27)23-13-15(2)28-16(3)14-23/h5-12,15-16H,4,13-14H2,1-3H3/t15-,16+. The number of carbonyl (C=O) groups is 1. The van der Waals surface area contributed by atoms with Crippen LogP contribution in [0.3, 0.4) is 0 Å². The lowest BCUT2D eigenvalue weighted by Crippen LogP contribution is -2.48. The van der Waals surface area contributed by atoms with Crippen LogP contribution in [0.15, 0.2) is 53.4 Å². The Morgan fingerprint density at radius 1 is 1.14 bits per heavy atom. The maximum absolute atomic E-state index is 13.2. The van der Waals surface area contributed by atoms with E-state index < -0.39 is 10.0 Å². The van der Waals surface area contributed by atoms with Crippen LogP contribution >= 0.6 is 11.6 Å². The molecule has 6 nitrogen and oxygen atoms in total. The summed E-state index contributed by atoms with van der Waals surface area (Å²) in [6.07, 6.45) is -0.434. The van der Waals surface area contributed by atoms with Crippen LogP contribution < -0.4 is 4.90 Å². The van der Waals surface area contributed by atoms with Crippen molar-refractivity contribution < 1.29 is 17.9 Å². The van der Waals surface area contributed by atoms with Gasteiger partial charge >= 0.3 is 0 Å². The summed E-state index contributed by atoms with van der Waals surface area (Å²) in [4.78, 5) is 14.6. The van der Waals surface area contributed by atoms with Gasteiger partial charge < -0.3 is 9.64 Å². The molecular weight excluding hydrogens is 412 g/mol. The number of anilines is 1. The molecule has 1 aliphatic heterocycles. The topological polar surface area (TPSA) is 66.9 Å². The molecule has 1 amide bonds. The summed E-state index contributed by atoms with van der Waals surface area (Å²) in [5, 5.41) is 0.0936. The van der Waals surface area contributed by atoms with Crippen LogP contribution in [0.25, 0.3) is 0 Å². The Labute approximate surface area is 177 Å². The zero-order valence-electron chi connectivity index (χ0n) is 16.7. The van der Waals surface area contributed by atoms with E-state index in [0.717, 1.165) is 5.69 Å². The number of nitrogens with zero attached hydrogens (tertiary/aromatic N) is 2. The maximum Gasteiger partial charge on any atom is 0.258 e. The zero-order chi connectivity index (χ0) is 21.2. The van der Waals surface area contributed by atoms with Crippen molar-refractivity contribution in [3.63, 3.8) is 0 Å². The number of benzene rings is 2. The van der Waals surface area contributed by atoms with E-state index in [1.54, 1.807) is 11.0 Å². The summed E-state index contributed by atoms with van der Waals surface area (Å²) in [6, 6.07) is 13.6. The minimum Gasteiger partial charge on any atom is -0.373 e. The number of para-hydroxylation sites is 1. The van der Waals surface area contributed by atoms with E-state index in [0.29, 0.717) is 6.54 Å². The summed E-state index contributed by atoms with van der Waals surface area (Å²) in [5.41, 5.74) is 1.02. The molecule has 0 bridgehead atoms. The van der Waals surface area contributed by atoms with E-state index in [1.165, 1.54) is 16.4 Å². The Bertz CT molecular complexity index is 971. The van der Waals surface area contributed by atoms with Crippen LogP contribution in [-0.2, 0) is 14.8 Å². The van der Waals surface area contributed by atoms with Crippen LogP contribution in [0.4, 0.5) is 5.69 Å². The third-order valence-corrected chi connectivity index (χ3v) is 7.12. The number of morpholine rings is 1. The smallest absolute Gasteiger partial charge is 0.258 e. The van der Waals surface area contributed by atoms with Gasteiger partial charge in [-0.15, -0.1) is 0 Å². The number of hydrogen-bond donors (Lipinski definition) is 0. The SMILES string of the molecule is CCN(C(=O)c1ccc(Cl)c(S(=O)(=O)N2C[C@@H](C)O[C@@H](C)C2)c1)c1ccccc1. The molecule has 1 saturated heterocycles. The van der Waals surface area contributed by atoms with Crippen molar-refractivity contribution in [3.8, 4) is 0 Å². The van der Waals surface area contributed by atoms with E-state index in [9.17, 15) is 13.2 Å². The predicted octanol–water partition coefficient (Wildman–Crippen LogP) is 3.80. The van der Waals surface area contributed by atoms with Gasteiger partial charge in [0, 0.05) is 30.9 Å². The summed E-state index contributed by atoms with van der Waals surface area (Å²) in [5.74, 6) is -0.282. The Kier molecular flexibility index (Phi) is 6.63. The Hall–Kier alpha value is -1.93. The van der Waals surface area contributed by atoms with Gasteiger partial charge in [0.25, 0.3) is 5.91 Å². The summed E-state index contributed by atoms with van der Waals surface area (Å²) < 4.78 is 33.5. The fraction of sp³-hybridized carbons (Fsp3) is 0.381. The number of amides is 1.